The molecular weight excluding hydrogens is 212 g/mol. The molecule has 0 unspecified atom stereocenters. The molecule has 5 heteroatoms. The smallest absolute Gasteiger partial charge is 0.266 e. The Morgan fingerprint density at radius 2 is 2.40 bits per heavy atom. The number of thioether (sulfide) groups is 1. The summed E-state index contributed by atoms with van der Waals surface area (Å²) in [6.45, 7) is 0. The number of amidine groups is 1. The van der Waals surface area contributed by atoms with Crippen LogP contribution in [0.15, 0.2) is 32.7 Å². The van der Waals surface area contributed by atoms with Crippen molar-refractivity contribution in [3.63, 3.8) is 0 Å². The summed E-state index contributed by atoms with van der Waals surface area (Å²) in [5, 5.41) is 0.706. The van der Waals surface area contributed by atoms with Gasteiger partial charge in [-0.25, -0.2) is 0 Å². The van der Waals surface area contributed by atoms with Crippen LogP contribution in [0.1, 0.15) is 5.76 Å². The first-order chi connectivity index (χ1) is 7.22. The summed E-state index contributed by atoms with van der Waals surface area (Å²) in [7, 11) is 3.38. The number of hydrogen-bond donors (Lipinski definition) is 0. The third-order valence-electron chi connectivity index (χ3n) is 2.01. The Balaban J connectivity index is 2.30. The van der Waals surface area contributed by atoms with E-state index in [9.17, 15) is 4.79 Å². The van der Waals surface area contributed by atoms with Crippen LogP contribution in [0.2, 0.25) is 0 Å². The minimum Gasteiger partial charge on any atom is -0.465 e. The number of aliphatic imine (C=N–C) groups is 1. The lowest BCUT2D eigenvalue weighted by atomic mass is 10.4. The molecule has 1 aliphatic heterocycles. The van der Waals surface area contributed by atoms with Crippen LogP contribution in [0.4, 0.5) is 0 Å². The van der Waals surface area contributed by atoms with E-state index in [1.807, 2.05) is 6.07 Å². The predicted octanol–water partition coefficient (Wildman–Crippen LogP) is 1.81. The van der Waals surface area contributed by atoms with Crippen LogP contribution in [0, 0.1) is 0 Å². The van der Waals surface area contributed by atoms with Crippen molar-refractivity contribution in [3.8, 4) is 0 Å². The largest absolute Gasteiger partial charge is 0.465 e. The molecule has 78 valence electrons. The van der Waals surface area contributed by atoms with Crippen LogP contribution in [-0.2, 0) is 4.79 Å². The van der Waals surface area contributed by atoms with Crippen LogP contribution in [0.3, 0.4) is 0 Å². The standard InChI is InChI=1S/C10H10N2O2S/c1-11-10-12(2)9(13)8(15-10)6-7-4-3-5-14-7/h3-6H,1-2H3/b8-6+,11-10?. The van der Waals surface area contributed by atoms with Gasteiger partial charge in [0.2, 0.25) is 0 Å². The van der Waals surface area contributed by atoms with Gasteiger partial charge in [0.1, 0.15) is 5.76 Å². The molecule has 1 amide bonds. The number of carbonyl (C=O) groups is 1. The monoisotopic (exact) mass is 222 g/mol. The minimum atomic E-state index is -0.0444. The fourth-order valence-corrected chi connectivity index (χ4v) is 2.16. The van der Waals surface area contributed by atoms with Crippen molar-refractivity contribution in [3.05, 3.63) is 29.1 Å². The van der Waals surface area contributed by atoms with Gasteiger partial charge in [0.15, 0.2) is 5.17 Å². The number of likely N-dealkylation sites (N-methyl/N-ethyl adjacent to an activating group) is 1. The first kappa shape index (κ1) is 10.0. The van der Waals surface area contributed by atoms with Crippen molar-refractivity contribution in [1.29, 1.82) is 0 Å². The zero-order chi connectivity index (χ0) is 10.8. The van der Waals surface area contributed by atoms with E-state index in [0.717, 1.165) is 0 Å². The summed E-state index contributed by atoms with van der Waals surface area (Å²) in [5.41, 5.74) is 0. The molecule has 1 saturated heterocycles. The van der Waals surface area contributed by atoms with Crippen molar-refractivity contribution < 1.29 is 9.21 Å². The summed E-state index contributed by atoms with van der Waals surface area (Å²) in [6.07, 6.45) is 3.30. The van der Waals surface area contributed by atoms with Crippen LogP contribution in [0.5, 0.6) is 0 Å². The van der Waals surface area contributed by atoms with Crippen molar-refractivity contribution in [1.82, 2.24) is 4.90 Å². The van der Waals surface area contributed by atoms with E-state index in [1.165, 1.54) is 16.7 Å². The molecule has 0 N–H and O–H groups in total. The maximum absolute atomic E-state index is 11.7. The highest BCUT2D eigenvalue weighted by Gasteiger charge is 2.29. The molecular formula is C10H10N2O2S. The number of rotatable bonds is 1. The van der Waals surface area contributed by atoms with E-state index in [2.05, 4.69) is 4.99 Å². The maximum atomic E-state index is 11.7. The van der Waals surface area contributed by atoms with Gasteiger partial charge in [-0.1, -0.05) is 0 Å². The number of amides is 1. The highest BCUT2D eigenvalue weighted by Crippen LogP contribution is 2.31. The van der Waals surface area contributed by atoms with Crippen LogP contribution >= 0.6 is 11.8 Å². The SMILES string of the molecule is CN=C1S/C(=C/c2ccco2)C(=O)N1C. The number of furan rings is 1. The first-order valence-corrected chi connectivity index (χ1v) is 5.22. The molecule has 0 atom stereocenters. The Hall–Kier alpha value is -1.49. The van der Waals surface area contributed by atoms with E-state index in [4.69, 9.17) is 4.42 Å². The molecule has 0 aliphatic carbocycles. The van der Waals surface area contributed by atoms with Crippen molar-refractivity contribution in [2.45, 2.75) is 0 Å². The second-order valence-electron chi connectivity index (χ2n) is 3.00. The highest BCUT2D eigenvalue weighted by molar-refractivity contribution is 8.18. The van der Waals surface area contributed by atoms with Crippen molar-refractivity contribution in [2.75, 3.05) is 14.1 Å². The van der Waals surface area contributed by atoms with Gasteiger partial charge < -0.3 is 4.42 Å². The summed E-state index contributed by atoms with van der Waals surface area (Å²) in [6, 6.07) is 3.59. The van der Waals surface area contributed by atoms with E-state index in [0.29, 0.717) is 15.8 Å². The Labute approximate surface area is 91.7 Å². The van der Waals surface area contributed by atoms with Gasteiger partial charge in [0.05, 0.1) is 11.2 Å². The van der Waals surface area contributed by atoms with Gasteiger partial charge in [-0.3, -0.25) is 14.7 Å². The molecule has 2 rings (SSSR count). The van der Waals surface area contributed by atoms with Crippen LogP contribution < -0.4 is 0 Å². The topological polar surface area (TPSA) is 45.8 Å². The van der Waals surface area contributed by atoms with Gasteiger partial charge in [-0.05, 0) is 23.9 Å². The van der Waals surface area contributed by atoms with Gasteiger partial charge in [0, 0.05) is 20.2 Å². The van der Waals surface area contributed by atoms with Crippen LogP contribution in [0.25, 0.3) is 6.08 Å². The lowest BCUT2D eigenvalue weighted by Crippen LogP contribution is -2.23. The minimum absolute atomic E-state index is 0.0444. The van der Waals surface area contributed by atoms with E-state index in [1.54, 1.807) is 32.5 Å². The second-order valence-corrected chi connectivity index (χ2v) is 4.01. The normalized spacial score (nSPS) is 22.0. The van der Waals surface area contributed by atoms with E-state index >= 15 is 0 Å². The predicted molar refractivity (Wildman–Crippen MR) is 60.4 cm³/mol. The number of nitrogens with zero attached hydrogens (tertiary/aromatic N) is 2. The fourth-order valence-electron chi connectivity index (χ4n) is 1.25. The molecule has 1 aromatic heterocycles. The van der Waals surface area contributed by atoms with E-state index in [-0.39, 0.29) is 5.91 Å². The van der Waals surface area contributed by atoms with Gasteiger partial charge in [-0.2, -0.15) is 0 Å². The summed E-state index contributed by atoms with van der Waals surface area (Å²) in [4.78, 5) is 17.9. The molecule has 0 radical (unpaired) electrons. The summed E-state index contributed by atoms with van der Waals surface area (Å²) < 4.78 is 5.15. The zero-order valence-corrected chi connectivity index (χ0v) is 9.25. The summed E-state index contributed by atoms with van der Waals surface area (Å²) in [5.74, 6) is 0.633. The zero-order valence-electron chi connectivity index (χ0n) is 8.43. The highest BCUT2D eigenvalue weighted by atomic mass is 32.2. The number of hydrogen-bond acceptors (Lipinski definition) is 4. The fraction of sp³-hybridized carbons (Fsp3) is 0.200. The quantitative estimate of drug-likeness (QED) is 0.681. The van der Waals surface area contributed by atoms with Crippen molar-refractivity contribution >= 4 is 28.9 Å². The molecule has 1 aromatic rings. The van der Waals surface area contributed by atoms with Gasteiger partial charge in [0.25, 0.3) is 5.91 Å². The molecule has 0 bridgehead atoms. The van der Waals surface area contributed by atoms with Crippen molar-refractivity contribution in [2.24, 2.45) is 4.99 Å². The van der Waals surface area contributed by atoms with E-state index < -0.39 is 0 Å². The third kappa shape index (κ3) is 1.83. The second kappa shape index (κ2) is 3.94. The molecule has 0 aromatic carbocycles. The van der Waals surface area contributed by atoms with Gasteiger partial charge in [-0.15, -0.1) is 0 Å². The third-order valence-corrected chi connectivity index (χ3v) is 3.16. The van der Waals surface area contributed by atoms with Gasteiger partial charge >= 0.3 is 0 Å². The lowest BCUT2D eigenvalue weighted by molar-refractivity contribution is -0.121. The number of carbonyl (C=O) groups excluding carboxylic acids is 1. The summed E-state index contributed by atoms with van der Waals surface area (Å²) >= 11 is 1.35. The Morgan fingerprint density at radius 1 is 1.60 bits per heavy atom. The average Bonchev–Trinajstić information content (AvgIpc) is 2.82. The Kier molecular flexibility index (Phi) is 2.64. The molecule has 0 spiro atoms. The molecule has 1 fully saturated rings. The first-order valence-electron chi connectivity index (χ1n) is 4.40. The van der Waals surface area contributed by atoms with Crippen LogP contribution in [-0.4, -0.2) is 30.1 Å². The Bertz CT molecular complexity index is 434. The molecule has 15 heavy (non-hydrogen) atoms. The maximum Gasteiger partial charge on any atom is 0.266 e. The Morgan fingerprint density at radius 3 is 2.93 bits per heavy atom. The lowest BCUT2D eigenvalue weighted by Gasteiger charge is -2.04. The molecule has 4 nitrogen and oxygen atoms in total. The average molecular weight is 222 g/mol. The molecule has 2 heterocycles. The molecule has 1 aliphatic rings. The molecule has 0 saturated carbocycles.